The number of carbonyl (C=O) groups excluding carboxylic acids is 2. The Morgan fingerprint density at radius 1 is 1.55 bits per heavy atom. The highest BCUT2D eigenvalue weighted by Gasteiger charge is 2.25. The molecule has 1 aliphatic heterocycles. The van der Waals surface area contributed by atoms with Crippen molar-refractivity contribution in [3.8, 4) is 0 Å². The summed E-state index contributed by atoms with van der Waals surface area (Å²) in [5, 5.41) is -1.56. The second kappa shape index (κ2) is 3.11. The predicted octanol–water partition coefficient (Wildman–Crippen LogP) is 1.24. The molecule has 0 unspecified atom stereocenters. The summed E-state index contributed by atoms with van der Waals surface area (Å²) in [6.07, 6.45) is 1.09. The van der Waals surface area contributed by atoms with E-state index in [0.29, 0.717) is 0 Å². The molecular weight excluding hydrogens is 193 g/mol. The molecule has 0 saturated heterocycles. The molecule has 1 heterocycles. The van der Waals surface area contributed by atoms with E-state index in [1.165, 1.54) is 0 Å². The van der Waals surface area contributed by atoms with E-state index in [1.807, 2.05) is 0 Å². The van der Waals surface area contributed by atoms with Gasteiger partial charge in [-0.2, -0.15) is 0 Å². The van der Waals surface area contributed by atoms with Crippen LogP contribution in [0.3, 0.4) is 0 Å². The fourth-order valence-corrected chi connectivity index (χ4v) is 0.908. The molecule has 0 aromatic carbocycles. The molecule has 0 fully saturated rings. The average molecular weight is 196 g/mol. The Morgan fingerprint density at radius 2 is 2.18 bits per heavy atom. The van der Waals surface area contributed by atoms with E-state index in [-0.39, 0.29) is 12.4 Å². The Balaban J connectivity index is 2.79. The van der Waals surface area contributed by atoms with Crippen LogP contribution in [0, 0.1) is 0 Å². The molecule has 4 nitrogen and oxygen atoms in total. The van der Waals surface area contributed by atoms with E-state index < -0.39 is 10.6 Å². The minimum atomic E-state index is -0.789. The highest BCUT2D eigenvalue weighted by molar-refractivity contribution is 6.69. The topological polar surface area (TPSA) is 46.6 Å². The summed E-state index contributed by atoms with van der Waals surface area (Å²) >= 11 is 10.2. The van der Waals surface area contributed by atoms with Crippen molar-refractivity contribution in [2.24, 2.45) is 0 Å². The van der Waals surface area contributed by atoms with Crippen molar-refractivity contribution >= 4 is 33.8 Å². The minimum Gasteiger partial charge on any atom is -0.478 e. The fraction of sp³-hybridized carbons (Fsp3) is 0.200. The maximum atomic E-state index is 10.5. The number of amides is 1. The number of halogens is 2. The van der Waals surface area contributed by atoms with Crippen LogP contribution < -0.4 is 0 Å². The van der Waals surface area contributed by atoms with Crippen LogP contribution in [-0.4, -0.2) is 22.2 Å². The molecule has 0 radical (unpaired) electrons. The van der Waals surface area contributed by atoms with Gasteiger partial charge >= 0.3 is 5.37 Å². The van der Waals surface area contributed by atoms with Crippen molar-refractivity contribution in [2.75, 3.05) is 6.73 Å². The Hall–Kier alpha value is -0.740. The standard InChI is InChI=1S/C5H3Cl2NO3/c6-4(9)3-1-11-2-8(3)5(7)10/h1H,2H2. The monoisotopic (exact) mass is 195 g/mol. The van der Waals surface area contributed by atoms with Gasteiger partial charge in [-0.1, -0.05) is 0 Å². The van der Waals surface area contributed by atoms with Crippen LogP contribution in [0.1, 0.15) is 0 Å². The summed E-state index contributed by atoms with van der Waals surface area (Å²) in [5.41, 5.74) is -0.0355. The molecule has 1 rings (SSSR count). The Bertz CT molecular complexity index is 238. The summed E-state index contributed by atoms with van der Waals surface area (Å²) in [7, 11) is 0. The number of ether oxygens (including phenoxy) is 1. The van der Waals surface area contributed by atoms with Crippen molar-refractivity contribution in [1.29, 1.82) is 0 Å². The third-order valence-corrected chi connectivity index (χ3v) is 1.50. The molecule has 60 valence electrons. The molecule has 0 saturated carbocycles. The van der Waals surface area contributed by atoms with Gasteiger partial charge < -0.3 is 4.74 Å². The van der Waals surface area contributed by atoms with E-state index >= 15 is 0 Å². The first-order valence-electron chi connectivity index (χ1n) is 2.61. The summed E-state index contributed by atoms with van der Waals surface area (Å²) in [5.74, 6) is 0. The van der Waals surface area contributed by atoms with Gasteiger partial charge in [0.2, 0.25) is 0 Å². The largest absolute Gasteiger partial charge is 0.478 e. The zero-order valence-electron chi connectivity index (χ0n) is 5.21. The number of nitrogens with zero attached hydrogens (tertiary/aromatic N) is 1. The first-order valence-corrected chi connectivity index (χ1v) is 3.37. The highest BCUT2D eigenvalue weighted by Crippen LogP contribution is 2.16. The van der Waals surface area contributed by atoms with Crippen LogP contribution in [0.15, 0.2) is 12.0 Å². The van der Waals surface area contributed by atoms with E-state index in [0.717, 1.165) is 11.2 Å². The zero-order valence-corrected chi connectivity index (χ0v) is 6.72. The van der Waals surface area contributed by atoms with E-state index in [1.54, 1.807) is 0 Å². The van der Waals surface area contributed by atoms with Crippen LogP contribution in [0.25, 0.3) is 0 Å². The van der Waals surface area contributed by atoms with Gasteiger partial charge in [0.15, 0.2) is 6.73 Å². The second-order valence-corrected chi connectivity index (χ2v) is 2.42. The maximum absolute atomic E-state index is 10.5. The van der Waals surface area contributed by atoms with Gasteiger partial charge in [-0.15, -0.1) is 0 Å². The molecular formula is C5H3Cl2NO3. The number of rotatable bonds is 1. The van der Waals surface area contributed by atoms with Gasteiger partial charge in [0.25, 0.3) is 5.24 Å². The normalized spacial score (nSPS) is 15.8. The zero-order chi connectivity index (χ0) is 8.43. The Morgan fingerprint density at radius 3 is 2.55 bits per heavy atom. The smallest absolute Gasteiger partial charge is 0.323 e. The summed E-state index contributed by atoms with van der Waals surface area (Å²) in [6, 6.07) is 0. The fourth-order valence-electron chi connectivity index (χ4n) is 0.622. The molecule has 6 heteroatoms. The van der Waals surface area contributed by atoms with Crippen LogP contribution in [0.4, 0.5) is 4.79 Å². The second-order valence-electron chi connectivity index (χ2n) is 1.75. The van der Waals surface area contributed by atoms with Gasteiger partial charge in [-0.25, -0.2) is 0 Å². The third-order valence-electron chi connectivity index (χ3n) is 1.10. The number of carbonyl (C=O) groups is 2. The average Bonchev–Trinajstić information content (AvgIpc) is 2.32. The van der Waals surface area contributed by atoms with Crippen LogP contribution in [0.5, 0.6) is 0 Å². The first kappa shape index (κ1) is 8.36. The lowest BCUT2D eigenvalue weighted by molar-refractivity contribution is -0.109. The molecule has 1 amide bonds. The minimum absolute atomic E-state index is 0.0355. The molecule has 0 spiro atoms. The van der Waals surface area contributed by atoms with Crippen LogP contribution in [-0.2, 0) is 9.53 Å². The van der Waals surface area contributed by atoms with Crippen molar-refractivity contribution in [3.63, 3.8) is 0 Å². The predicted molar refractivity (Wildman–Crippen MR) is 38.0 cm³/mol. The quantitative estimate of drug-likeness (QED) is 0.468. The van der Waals surface area contributed by atoms with Gasteiger partial charge in [-0.05, 0) is 23.2 Å². The van der Waals surface area contributed by atoms with Crippen molar-refractivity contribution in [2.45, 2.75) is 0 Å². The van der Waals surface area contributed by atoms with Crippen LogP contribution >= 0.6 is 23.2 Å². The molecule has 0 N–H and O–H groups in total. The SMILES string of the molecule is O=C(Cl)C1=COCN1C(=O)Cl. The van der Waals surface area contributed by atoms with Crippen LogP contribution in [0.2, 0.25) is 0 Å². The lowest BCUT2D eigenvalue weighted by atomic mass is 10.5. The van der Waals surface area contributed by atoms with Crippen molar-refractivity contribution in [1.82, 2.24) is 4.90 Å². The Kier molecular flexibility index (Phi) is 2.36. The third kappa shape index (κ3) is 1.64. The molecule has 0 atom stereocenters. The Labute approximate surface area is 72.3 Å². The maximum Gasteiger partial charge on any atom is 0.323 e. The highest BCUT2D eigenvalue weighted by atomic mass is 35.5. The lowest BCUT2D eigenvalue weighted by Gasteiger charge is -2.09. The van der Waals surface area contributed by atoms with Crippen molar-refractivity contribution in [3.05, 3.63) is 12.0 Å². The summed E-state index contributed by atoms with van der Waals surface area (Å²) < 4.78 is 4.65. The number of hydrogen-bond donors (Lipinski definition) is 0. The van der Waals surface area contributed by atoms with Gasteiger partial charge in [-0.3, -0.25) is 14.5 Å². The van der Waals surface area contributed by atoms with E-state index in [4.69, 9.17) is 23.2 Å². The van der Waals surface area contributed by atoms with Crippen molar-refractivity contribution < 1.29 is 14.3 Å². The number of hydrogen-bond acceptors (Lipinski definition) is 3. The molecule has 11 heavy (non-hydrogen) atoms. The molecule has 0 aromatic rings. The van der Waals surface area contributed by atoms with Gasteiger partial charge in [0, 0.05) is 0 Å². The lowest BCUT2D eigenvalue weighted by Crippen LogP contribution is -2.25. The molecule has 0 aliphatic carbocycles. The van der Waals surface area contributed by atoms with E-state index in [2.05, 4.69) is 4.74 Å². The first-order chi connectivity index (χ1) is 5.13. The number of allylic oxidation sites excluding steroid dienone is 1. The summed E-state index contributed by atoms with van der Waals surface area (Å²) in [6.45, 7) is -0.0594. The van der Waals surface area contributed by atoms with E-state index in [9.17, 15) is 9.59 Å². The molecule has 0 aromatic heterocycles. The summed E-state index contributed by atoms with van der Waals surface area (Å²) in [4.78, 5) is 22.0. The van der Waals surface area contributed by atoms with Gasteiger partial charge in [0.05, 0.1) is 0 Å². The molecule has 1 aliphatic rings. The van der Waals surface area contributed by atoms with Gasteiger partial charge in [0.1, 0.15) is 12.0 Å². The molecule has 0 bridgehead atoms.